The van der Waals surface area contributed by atoms with Gasteiger partial charge in [0.05, 0.1) is 22.7 Å². The van der Waals surface area contributed by atoms with Gasteiger partial charge in [0.2, 0.25) is 11.4 Å². The highest BCUT2D eigenvalue weighted by Crippen LogP contribution is 2.10. The van der Waals surface area contributed by atoms with Crippen LogP contribution in [0.25, 0.3) is 0 Å². The highest BCUT2D eigenvalue weighted by molar-refractivity contribution is 5.50. The molecule has 0 atom stereocenters. The van der Waals surface area contributed by atoms with Gasteiger partial charge in [-0.2, -0.15) is 0 Å². The first kappa shape index (κ1) is 24.4. The van der Waals surface area contributed by atoms with E-state index in [9.17, 15) is 25.0 Å². The summed E-state index contributed by atoms with van der Waals surface area (Å²) in [5.74, 6) is 0. The molecule has 0 rings (SSSR count). The Bertz CT molecular complexity index is 577. The first-order valence-electron chi connectivity index (χ1n) is 9.34. The number of nitro groups is 2. The second-order valence-corrected chi connectivity index (χ2v) is 6.02. The summed E-state index contributed by atoms with van der Waals surface area (Å²) < 4.78 is 0. The lowest BCUT2D eigenvalue weighted by atomic mass is 10.1. The zero-order chi connectivity index (χ0) is 20.3. The molecule has 1 radical (unpaired) electrons. The molecule has 0 saturated heterocycles. The van der Waals surface area contributed by atoms with Crippen molar-refractivity contribution >= 4 is 6.29 Å². The van der Waals surface area contributed by atoms with Crippen molar-refractivity contribution in [3.05, 3.63) is 68.1 Å². The molecule has 0 aliphatic rings. The van der Waals surface area contributed by atoms with Crippen molar-refractivity contribution in [2.75, 3.05) is 0 Å². The summed E-state index contributed by atoms with van der Waals surface area (Å²) in [6.45, 7) is 2.13. The number of rotatable bonds is 16. The Balaban J connectivity index is 4.45. The number of unbranched alkanes of at least 4 members (excludes halogenated alkanes) is 5. The molecule has 149 valence electrons. The van der Waals surface area contributed by atoms with Gasteiger partial charge in [-0.15, -0.1) is 0 Å². The minimum Gasteiger partial charge on any atom is -0.291 e. The third kappa shape index (κ3) is 14.3. The number of hydrogen-bond acceptors (Lipinski definition) is 5. The Morgan fingerprint density at radius 2 is 1.48 bits per heavy atom. The second kappa shape index (κ2) is 16.9. The molecule has 0 fully saturated rings. The first-order chi connectivity index (χ1) is 13.0. The third-order valence-electron chi connectivity index (χ3n) is 3.78. The van der Waals surface area contributed by atoms with Crippen molar-refractivity contribution in [1.82, 2.24) is 0 Å². The second-order valence-electron chi connectivity index (χ2n) is 6.02. The van der Waals surface area contributed by atoms with E-state index in [1.165, 1.54) is 12.2 Å². The molecule has 0 aliphatic heterocycles. The maximum absolute atomic E-state index is 11.1. The quantitative estimate of drug-likeness (QED) is 0.154. The van der Waals surface area contributed by atoms with Crippen LogP contribution in [-0.2, 0) is 4.79 Å². The normalized spacial score (nSPS) is 12.8. The van der Waals surface area contributed by atoms with E-state index in [-0.39, 0.29) is 30.7 Å². The lowest BCUT2D eigenvalue weighted by Gasteiger charge is -1.95. The fourth-order valence-electron chi connectivity index (χ4n) is 2.25. The summed E-state index contributed by atoms with van der Waals surface area (Å²) in [6, 6.07) is 0. The first-order valence-corrected chi connectivity index (χ1v) is 9.34. The predicted molar refractivity (Wildman–Crippen MR) is 106 cm³/mol. The van der Waals surface area contributed by atoms with Gasteiger partial charge in [0, 0.05) is 6.42 Å². The monoisotopic (exact) mass is 377 g/mol. The van der Waals surface area contributed by atoms with Gasteiger partial charge in [-0.3, -0.25) is 25.0 Å². The Morgan fingerprint density at radius 1 is 0.852 bits per heavy atom. The fraction of sp³-hybridized carbons (Fsp3) is 0.550. The fourth-order valence-corrected chi connectivity index (χ4v) is 2.25. The maximum atomic E-state index is 11.1. The SMILES string of the molecule is CCCCC/C=C\C/C(=C\C/C=C\C/C(=C\CCC[C]=O)[N+](=O)[O-])[N+](=O)[O-]. The summed E-state index contributed by atoms with van der Waals surface area (Å²) in [5, 5.41) is 22.0. The molecular formula is C20H29N2O5. The maximum Gasteiger partial charge on any atom is 0.246 e. The highest BCUT2D eigenvalue weighted by Gasteiger charge is 2.08. The van der Waals surface area contributed by atoms with Crippen molar-refractivity contribution in [1.29, 1.82) is 0 Å². The van der Waals surface area contributed by atoms with Crippen LogP contribution in [0.4, 0.5) is 0 Å². The lowest BCUT2D eigenvalue weighted by Crippen LogP contribution is -1.98. The molecule has 0 aromatic heterocycles. The van der Waals surface area contributed by atoms with Crippen molar-refractivity contribution in [3.63, 3.8) is 0 Å². The molecule has 0 spiro atoms. The molecule has 0 amide bonds. The van der Waals surface area contributed by atoms with E-state index in [2.05, 4.69) is 6.92 Å². The third-order valence-corrected chi connectivity index (χ3v) is 3.78. The molecular weight excluding hydrogens is 348 g/mol. The number of carbonyl (C=O) groups excluding carboxylic acids is 1. The molecule has 27 heavy (non-hydrogen) atoms. The molecule has 0 saturated carbocycles. The van der Waals surface area contributed by atoms with Crippen LogP contribution in [0.15, 0.2) is 47.9 Å². The molecule has 0 aliphatic carbocycles. The molecule has 0 aromatic carbocycles. The zero-order valence-corrected chi connectivity index (χ0v) is 16.0. The minimum atomic E-state index is -0.448. The van der Waals surface area contributed by atoms with E-state index in [1.54, 1.807) is 18.4 Å². The molecule has 0 aromatic rings. The van der Waals surface area contributed by atoms with Crippen LogP contribution in [-0.4, -0.2) is 16.1 Å². The summed E-state index contributed by atoms with van der Waals surface area (Å²) in [6.07, 6.45) is 18.2. The van der Waals surface area contributed by atoms with Crippen LogP contribution in [0.3, 0.4) is 0 Å². The largest absolute Gasteiger partial charge is 0.291 e. The van der Waals surface area contributed by atoms with Gasteiger partial charge in [0.15, 0.2) is 6.29 Å². The minimum absolute atomic E-state index is 0.0608. The molecule has 0 N–H and O–H groups in total. The van der Waals surface area contributed by atoms with Crippen molar-refractivity contribution in [2.24, 2.45) is 0 Å². The average molecular weight is 377 g/mol. The van der Waals surface area contributed by atoms with Gasteiger partial charge < -0.3 is 0 Å². The van der Waals surface area contributed by atoms with Gasteiger partial charge >= 0.3 is 0 Å². The summed E-state index contributed by atoms with van der Waals surface area (Å²) in [7, 11) is 0. The van der Waals surface area contributed by atoms with Crippen LogP contribution < -0.4 is 0 Å². The molecule has 7 nitrogen and oxygen atoms in total. The predicted octanol–water partition coefficient (Wildman–Crippen LogP) is 5.45. The van der Waals surface area contributed by atoms with Gasteiger partial charge in [0.25, 0.3) is 0 Å². The van der Waals surface area contributed by atoms with Crippen molar-refractivity contribution in [3.8, 4) is 0 Å². The average Bonchev–Trinajstić information content (AvgIpc) is 2.63. The van der Waals surface area contributed by atoms with E-state index in [1.807, 2.05) is 12.2 Å². The summed E-state index contributed by atoms with van der Waals surface area (Å²) in [4.78, 5) is 31.3. The Labute approximate surface area is 160 Å². The molecule has 0 unspecified atom stereocenters. The van der Waals surface area contributed by atoms with Crippen LogP contribution in [0.2, 0.25) is 0 Å². The van der Waals surface area contributed by atoms with Gasteiger partial charge in [0.1, 0.15) is 0 Å². The van der Waals surface area contributed by atoms with Crippen molar-refractivity contribution < 1.29 is 14.6 Å². The van der Waals surface area contributed by atoms with E-state index < -0.39 is 9.85 Å². The highest BCUT2D eigenvalue weighted by atomic mass is 16.6. The summed E-state index contributed by atoms with van der Waals surface area (Å²) in [5.41, 5.74) is 0.187. The Kier molecular flexibility index (Phi) is 15.3. The van der Waals surface area contributed by atoms with Crippen molar-refractivity contribution in [2.45, 2.75) is 71.1 Å². The number of allylic oxidation sites excluding steroid dienone is 6. The van der Waals surface area contributed by atoms with Gasteiger partial charge in [-0.1, -0.05) is 44.1 Å². The molecule has 0 bridgehead atoms. The van der Waals surface area contributed by atoms with E-state index in [0.29, 0.717) is 19.3 Å². The smallest absolute Gasteiger partial charge is 0.246 e. The molecule has 7 heteroatoms. The summed E-state index contributed by atoms with van der Waals surface area (Å²) >= 11 is 0. The van der Waals surface area contributed by atoms with Gasteiger partial charge in [-0.05, 0) is 44.3 Å². The standard InChI is InChI=1S/C20H29N2O5/c1-2-3-4-5-6-9-14-19(21(24)25)15-10-7-11-16-20(22(26)27)17-12-8-13-18-23/h6-7,9,11,15,17H,2-5,8,10,12-14,16H2,1H3/b9-6-,11-7-,19-15+,20-17+. The Morgan fingerprint density at radius 3 is 2.07 bits per heavy atom. The van der Waals surface area contributed by atoms with E-state index in [0.717, 1.165) is 25.7 Å². The number of nitrogens with zero attached hydrogens (tertiary/aromatic N) is 2. The lowest BCUT2D eigenvalue weighted by molar-refractivity contribution is -0.427. The van der Waals surface area contributed by atoms with Crippen LogP contribution in [0.5, 0.6) is 0 Å². The topological polar surface area (TPSA) is 103 Å². The molecule has 0 heterocycles. The van der Waals surface area contributed by atoms with Gasteiger partial charge in [-0.25, -0.2) is 0 Å². The van der Waals surface area contributed by atoms with Crippen LogP contribution >= 0.6 is 0 Å². The van der Waals surface area contributed by atoms with E-state index in [4.69, 9.17) is 0 Å². The zero-order valence-electron chi connectivity index (χ0n) is 16.0. The number of hydrogen-bond donors (Lipinski definition) is 0. The van der Waals surface area contributed by atoms with Crippen LogP contribution in [0.1, 0.15) is 71.1 Å². The Hall–Kier alpha value is -2.57. The van der Waals surface area contributed by atoms with Crippen LogP contribution in [0, 0.1) is 20.2 Å². The van der Waals surface area contributed by atoms with E-state index >= 15 is 0 Å².